The maximum absolute atomic E-state index is 14.7. The molecule has 5 nitrogen and oxygen atoms in total. The lowest BCUT2D eigenvalue weighted by molar-refractivity contribution is -0.179. The van der Waals surface area contributed by atoms with Crippen LogP contribution in [0.15, 0.2) is 48.1 Å². The van der Waals surface area contributed by atoms with Gasteiger partial charge in [-0.3, -0.25) is 9.69 Å². The Kier molecular flexibility index (Phi) is 7.07. The SMILES string of the molecule is CC12CCC(O)CC13C=CC1(C(C(=O)C4CCCCC4)=C3)C2CCC2(C)C1CCC2(O)CN1CCN(c2ccc(F)cc2)CC1. The minimum absolute atomic E-state index is 0.0239. The van der Waals surface area contributed by atoms with Crippen molar-refractivity contribution in [2.45, 2.75) is 103 Å². The first-order chi connectivity index (χ1) is 21.5. The number of allylic oxidation sites excluding steroid dienone is 4. The van der Waals surface area contributed by atoms with Crippen molar-refractivity contribution in [2.75, 3.05) is 37.6 Å². The van der Waals surface area contributed by atoms with Crippen LogP contribution in [0.5, 0.6) is 0 Å². The summed E-state index contributed by atoms with van der Waals surface area (Å²) >= 11 is 0. The number of β-amino-alcohol motifs (C(OH)–C–C–N with tert-alkyl or cyclic N) is 1. The molecule has 1 saturated heterocycles. The zero-order chi connectivity index (χ0) is 31.2. The lowest BCUT2D eigenvalue weighted by atomic mass is 9.32. The number of Topliss-reactive ketones (excluding diaryl/α,β-unsaturated/α-hetero) is 1. The molecule has 0 radical (unpaired) electrons. The van der Waals surface area contributed by atoms with Gasteiger partial charge in [-0.15, -0.1) is 0 Å². The summed E-state index contributed by atoms with van der Waals surface area (Å²) < 4.78 is 13.5. The Morgan fingerprint density at radius 1 is 0.867 bits per heavy atom. The van der Waals surface area contributed by atoms with Crippen LogP contribution in [0.25, 0.3) is 0 Å². The van der Waals surface area contributed by atoms with Crippen molar-refractivity contribution in [3.63, 3.8) is 0 Å². The molecule has 1 heterocycles. The Hall–Kier alpha value is -2.02. The van der Waals surface area contributed by atoms with E-state index in [9.17, 15) is 19.4 Å². The van der Waals surface area contributed by atoms with E-state index < -0.39 is 5.60 Å². The van der Waals surface area contributed by atoms with E-state index in [1.165, 1.54) is 18.6 Å². The lowest BCUT2D eigenvalue weighted by Crippen LogP contribution is -2.67. The zero-order valence-corrected chi connectivity index (χ0v) is 27.4. The molecule has 1 aliphatic heterocycles. The molecule has 8 aliphatic rings. The summed E-state index contributed by atoms with van der Waals surface area (Å²) in [6, 6.07) is 6.80. The van der Waals surface area contributed by atoms with Gasteiger partial charge < -0.3 is 15.1 Å². The van der Waals surface area contributed by atoms with Crippen LogP contribution < -0.4 is 4.90 Å². The Bertz CT molecular complexity index is 1400. The van der Waals surface area contributed by atoms with Crippen LogP contribution in [0.4, 0.5) is 10.1 Å². The van der Waals surface area contributed by atoms with Gasteiger partial charge in [-0.25, -0.2) is 4.39 Å². The standard InChI is InChI=1S/C39H53FN2O3/c1-35-15-12-30(43)24-37(35)18-19-39(31(25-37)34(44)27-6-4-3-5-7-27)32(35)13-16-36(2)33(39)14-17-38(36,45)26-41-20-22-42(23-21-41)29-10-8-28(40)9-11-29/h8-11,18-19,25,27,30,32-33,43,45H,3-7,12-17,20-24,26H2,1-2H3. The first-order valence-electron chi connectivity index (χ1n) is 18.1. The highest BCUT2D eigenvalue weighted by atomic mass is 19.1. The molecule has 0 amide bonds. The molecule has 45 heavy (non-hydrogen) atoms. The molecule has 2 N–H and O–H groups in total. The van der Waals surface area contributed by atoms with Crippen LogP contribution in [0.2, 0.25) is 0 Å². The summed E-state index contributed by atoms with van der Waals surface area (Å²) in [5.74, 6) is 0.903. The Morgan fingerprint density at radius 2 is 1.53 bits per heavy atom. The van der Waals surface area contributed by atoms with Crippen LogP contribution >= 0.6 is 0 Å². The molecule has 8 atom stereocenters. The zero-order valence-electron chi connectivity index (χ0n) is 27.4. The van der Waals surface area contributed by atoms with Crippen molar-refractivity contribution < 1.29 is 19.4 Å². The summed E-state index contributed by atoms with van der Waals surface area (Å²) in [5.41, 5.74) is 0.490. The third kappa shape index (κ3) is 4.23. The number of carbonyl (C=O) groups is 1. The number of anilines is 1. The van der Waals surface area contributed by atoms with Gasteiger partial charge in [0, 0.05) is 66.1 Å². The van der Waals surface area contributed by atoms with Crippen molar-refractivity contribution in [1.82, 2.24) is 4.90 Å². The fourth-order valence-corrected chi connectivity index (χ4v) is 12.4. The van der Waals surface area contributed by atoms with Gasteiger partial charge in [-0.1, -0.05) is 51.3 Å². The predicted molar refractivity (Wildman–Crippen MR) is 175 cm³/mol. The molecule has 9 rings (SSSR count). The first kappa shape index (κ1) is 30.3. The van der Waals surface area contributed by atoms with Gasteiger partial charge in [-0.2, -0.15) is 0 Å². The van der Waals surface area contributed by atoms with Gasteiger partial charge in [0.05, 0.1) is 11.7 Å². The number of fused-ring (bicyclic) bond motifs is 1. The third-order valence-electron chi connectivity index (χ3n) is 15.0. The molecule has 1 aromatic rings. The summed E-state index contributed by atoms with van der Waals surface area (Å²) in [6.07, 6.45) is 18.8. The number of carbonyl (C=O) groups excluding carboxylic acids is 1. The molecule has 0 aromatic heterocycles. The first-order valence-corrected chi connectivity index (χ1v) is 18.1. The van der Waals surface area contributed by atoms with Crippen molar-refractivity contribution in [3.05, 3.63) is 53.9 Å². The number of hydrogen-bond acceptors (Lipinski definition) is 5. The number of ketones is 1. The van der Waals surface area contributed by atoms with Gasteiger partial charge in [0.25, 0.3) is 0 Å². The number of aliphatic hydroxyl groups excluding tert-OH is 1. The fourth-order valence-electron chi connectivity index (χ4n) is 12.4. The molecule has 1 aromatic carbocycles. The monoisotopic (exact) mass is 616 g/mol. The predicted octanol–water partition coefficient (Wildman–Crippen LogP) is 6.69. The van der Waals surface area contributed by atoms with Crippen LogP contribution in [0.3, 0.4) is 0 Å². The van der Waals surface area contributed by atoms with E-state index in [1.807, 2.05) is 12.1 Å². The fraction of sp³-hybridized carbons (Fsp3) is 0.718. The van der Waals surface area contributed by atoms with Crippen LogP contribution in [0.1, 0.15) is 90.9 Å². The van der Waals surface area contributed by atoms with Crippen molar-refractivity contribution in [3.8, 4) is 0 Å². The number of halogens is 1. The smallest absolute Gasteiger partial charge is 0.162 e. The minimum Gasteiger partial charge on any atom is -0.393 e. The van der Waals surface area contributed by atoms with E-state index >= 15 is 0 Å². The van der Waals surface area contributed by atoms with E-state index in [4.69, 9.17) is 0 Å². The minimum atomic E-state index is -0.808. The molecule has 244 valence electrons. The van der Waals surface area contributed by atoms with E-state index in [1.54, 1.807) is 0 Å². The number of aliphatic hydroxyl groups is 2. The maximum atomic E-state index is 14.7. The van der Waals surface area contributed by atoms with Gasteiger partial charge in [-0.05, 0) is 99.3 Å². The second-order valence-corrected chi connectivity index (χ2v) is 16.7. The topological polar surface area (TPSA) is 64.0 Å². The number of rotatable bonds is 5. The highest BCUT2D eigenvalue weighted by molar-refractivity contribution is 6.00. The van der Waals surface area contributed by atoms with Crippen molar-refractivity contribution in [1.29, 1.82) is 0 Å². The number of piperazine rings is 1. The second-order valence-electron chi connectivity index (χ2n) is 16.7. The van der Waals surface area contributed by atoms with Crippen molar-refractivity contribution in [2.24, 2.45) is 39.4 Å². The Labute approximate surface area is 268 Å². The molecule has 7 aliphatic carbocycles. The largest absolute Gasteiger partial charge is 0.393 e. The highest BCUT2D eigenvalue weighted by Crippen LogP contribution is 2.78. The molecule has 5 fully saturated rings. The van der Waals surface area contributed by atoms with Crippen LogP contribution in [-0.2, 0) is 4.79 Å². The molecule has 4 saturated carbocycles. The summed E-state index contributed by atoms with van der Waals surface area (Å²) in [4.78, 5) is 19.5. The van der Waals surface area contributed by atoms with E-state index in [0.29, 0.717) is 18.2 Å². The maximum Gasteiger partial charge on any atom is 0.162 e. The quantitative estimate of drug-likeness (QED) is 0.361. The number of nitrogens with zero attached hydrogens (tertiary/aromatic N) is 2. The average molecular weight is 617 g/mol. The molecule has 6 heteroatoms. The van der Waals surface area contributed by atoms with Gasteiger partial charge in [0.15, 0.2) is 5.78 Å². The Balaban J connectivity index is 1.11. The van der Waals surface area contributed by atoms with Crippen LogP contribution in [0, 0.1) is 45.2 Å². The molecular weight excluding hydrogens is 563 g/mol. The summed E-state index contributed by atoms with van der Waals surface area (Å²) in [7, 11) is 0. The average Bonchev–Trinajstić information content (AvgIpc) is 3.31. The molecule has 2 bridgehead atoms. The normalized spacial score (nSPS) is 44.7. The van der Waals surface area contributed by atoms with E-state index in [-0.39, 0.29) is 45.4 Å². The molecular formula is C39H53FN2O3. The van der Waals surface area contributed by atoms with Crippen molar-refractivity contribution >= 4 is 11.5 Å². The van der Waals surface area contributed by atoms with Crippen LogP contribution in [-0.4, -0.2) is 65.3 Å². The third-order valence-corrected chi connectivity index (χ3v) is 15.0. The highest BCUT2D eigenvalue weighted by Gasteiger charge is 2.74. The van der Waals surface area contributed by atoms with Gasteiger partial charge in [0.2, 0.25) is 0 Å². The van der Waals surface area contributed by atoms with Gasteiger partial charge in [0.1, 0.15) is 5.82 Å². The Morgan fingerprint density at radius 3 is 2.27 bits per heavy atom. The summed E-state index contributed by atoms with van der Waals surface area (Å²) in [5, 5.41) is 23.7. The number of benzene rings is 1. The van der Waals surface area contributed by atoms with E-state index in [2.05, 4.69) is 41.9 Å². The lowest BCUT2D eigenvalue weighted by Gasteiger charge is -2.71. The molecule has 8 unspecified atom stereocenters. The second kappa shape index (κ2) is 10.5. The summed E-state index contributed by atoms with van der Waals surface area (Å²) in [6.45, 7) is 9.00. The molecule has 2 spiro atoms. The van der Waals surface area contributed by atoms with Gasteiger partial charge >= 0.3 is 0 Å². The number of hydrogen-bond donors (Lipinski definition) is 2. The van der Waals surface area contributed by atoms with E-state index in [0.717, 1.165) is 108 Å².